The first-order valence-electron chi connectivity index (χ1n) is 7.48. The van der Waals surface area contributed by atoms with E-state index in [9.17, 15) is 4.39 Å². The van der Waals surface area contributed by atoms with Gasteiger partial charge in [0.15, 0.2) is 5.65 Å². The summed E-state index contributed by atoms with van der Waals surface area (Å²) in [5.74, 6) is 0.398. The van der Waals surface area contributed by atoms with Crippen LogP contribution in [-0.4, -0.2) is 25.9 Å². The van der Waals surface area contributed by atoms with Crippen molar-refractivity contribution in [1.29, 1.82) is 0 Å². The van der Waals surface area contributed by atoms with E-state index in [1.165, 1.54) is 6.33 Å². The molecule has 5 nitrogen and oxygen atoms in total. The van der Waals surface area contributed by atoms with E-state index in [4.69, 9.17) is 17.3 Å². The number of alkyl halides is 1. The van der Waals surface area contributed by atoms with Gasteiger partial charge in [-0.3, -0.25) is 0 Å². The number of hydrogen-bond donors (Lipinski definition) is 1. The first kappa shape index (κ1) is 14.4. The molecular formula is C16H15ClFN5. The van der Waals surface area contributed by atoms with E-state index in [1.807, 2.05) is 24.3 Å². The van der Waals surface area contributed by atoms with Crippen LogP contribution in [0.25, 0.3) is 11.0 Å². The molecule has 118 valence electrons. The Morgan fingerprint density at radius 1 is 1.30 bits per heavy atom. The fourth-order valence-corrected chi connectivity index (χ4v) is 3.22. The molecule has 2 N–H and O–H groups in total. The highest BCUT2D eigenvalue weighted by atomic mass is 35.5. The summed E-state index contributed by atoms with van der Waals surface area (Å²) in [6.07, 6.45) is 2.18. The zero-order valence-corrected chi connectivity index (χ0v) is 13.0. The van der Waals surface area contributed by atoms with Gasteiger partial charge in [-0.2, -0.15) is 5.10 Å². The van der Waals surface area contributed by atoms with Gasteiger partial charge in [0.1, 0.15) is 18.3 Å². The predicted octanol–water partition coefficient (Wildman–Crippen LogP) is 3.33. The Morgan fingerprint density at radius 3 is 2.87 bits per heavy atom. The lowest BCUT2D eigenvalue weighted by Gasteiger charge is -2.29. The summed E-state index contributed by atoms with van der Waals surface area (Å²) in [4.78, 5) is 8.38. The lowest BCUT2D eigenvalue weighted by atomic mass is 9.91. The lowest BCUT2D eigenvalue weighted by molar-refractivity contribution is 0.130. The number of nitrogen functional groups attached to an aromatic ring is 1. The molecule has 1 aliphatic rings. The zero-order chi connectivity index (χ0) is 16.0. The molecule has 1 aliphatic carbocycles. The first-order valence-corrected chi connectivity index (χ1v) is 7.85. The third kappa shape index (κ3) is 2.53. The Labute approximate surface area is 137 Å². The van der Waals surface area contributed by atoms with Gasteiger partial charge in [-0.25, -0.2) is 19.0 Å². The molecule has 1 aromatic carbocycles. The number of hydrogen-bond acceptors (Lipinski definition) is 4. The molecule has 1 fully saturated rings. The van der Waals surface area contributed by atoms with Crippen LogP contribution < -0.4 is 5.73 Å². The van der Waals surface area contributed by atoms with Gasteiger partial charge in [0, 0.05) is 24.3 Å². The van der Waals surface area contributed by atoms with Crippen molar-refractivity contribution in [2.24, 2.45) is 0 Å². The number of fused-ring (bicyclic) bond motifs is 1. The van der Waals surface area contributed by atoms with Crippen LogP contribution in [0, 0.1) is 0 Å². The second-order valence-corrected chi connectivity index (χ2v) is 6.31. The average molecular weight is 332 g/mol. The molecule has 23 heavy (non-hydrogen) atoms. The molecule has 4 rings (SSSR count). The molecule has 2 aromatic heterocycles. The number of anilines is 1. The quantitative estimate of drug-likeness (QED) is 0.799. The smallest absolute Gasteiger partial charge is 0.163 e. The van der Waals surface area contributed by atoms with Crippen molar-refractivity contribution in [2.75, 3.05) is 5.73 Å². The summed E-state index contributed by atoms with van der Waals surface area (Å²) in [6.45, 7) is 0. The summed E-state index contributed by atoms with van der Waals surface area (Å²) in [5, 5.41) is 6.08. The van der Waals surface area contributed by atoms with Gasteiger partial charge in [0.25, 0.3) is 0 Å². The molecule has 0 unspecified atom stereocenters. The van der Waals surface area contributed by atoms with Crippen molar-refractivity contribution >= 4 is 28.5 Å². The standard InChI is InChI=1S/C16H15ClFN5/c17-10-3-1-2-9(4-10)5-13-14-15(19)20-8-21-16(14)23(22-13)12-6-11(18)7-12/h1-4,8,11-12H,5-7H2,(H2,19,20,21). The number of nitrogens with two attached hydrogens (primary N) is 1. The largest absolute Gasteiger partial charge is 0.383 e. The molecule has 0 saturated heterocycles. The van der Waals surface area contributed by atoms with E-state index < -0.39 is 6.17 Å². The van der Waals surface area contributed by atoms with Crippen molar-refractivity contribution in [3.05, 3.63) is 46.9 Å². The van der Waals surface area contributed by atoms with E-state index in [0.29, 0.717) is 35.8 Å². The minimum Gasteiger partial charge on any atom is -0.383 e. The summed E-state index contributed by atoms with van der Waals surface area (Å²) in [5.41, 5.74) is 8.53. The number of nitrogens with zero attached hydrogens (tertiary/aromatic N) is 4. The van der Waals surface area contributed by atoms with Crippen LogP contribution in [0.15, 0.2) is 30.6 Å². The van der Waals surface area contributed by atoms with Gasteiger partial charge in [0.05, 0.1) is 17.1 Å². The molecule has 0 amide bonds. The fraction of sp³-hybridized carbons (Fsp3) is 0.312. The number of aromatic nitrogens is 4. The van der Waals surface area contributed by atoms with E-state index in [0.717, 1.165) is 16.6 Å². The summed E-state index contributed by atoms with van der Waals surface area (Å²) < 4.78 is 15.0. The third-order valence-electron chi connectivity index (χ3n) is 4.25. The molecule has 0 aliphatic heterocycles. The van der Waals surface area contributed by atoms with E-state index in [1.54, 1.807) is 4.68 Å². The van der Waals surface area contributed by atoms with Gasteiger partial charge < -0.3 is 5.73 Å². The van der Waals surface area contributed by atoms with Crippen LogP contribution >= 0.6 is 11.6 Å². The van der Waals surface area contributed by atoms with Crippen LogP contribution in [0.4, 0.5) is 10.2 Å². The number of rotatable bonds is 3. The van der Waals surface area contributed by atoms with Crippen LogP contribution in [0.2, 0.25) is 5.02 Å². The molecule has 0 bridgehead atoms. The Kier molecular flexibility index (Phi) is 3.41. The molecule has 2 heterocycles. The normalized spacial score (nSPS) is 20.6. The van der Waals surface area contributed by atoms with Gasteiger partial charge in [-0.15, -0.1) is 0 Å². The molecule has 1 saturated carbocycles. The maximum absolute atomic E-state index is 13.2. The highest BCUT2D eigenvalue weighted by molar-refractivity contribution is 6.30. The first-order chi connectivity index (χ1) is 11.1. The third-order valence-corrected chi connectivity index (χ3v) is 4.49. The topological polar surface area (TPSA) is 69.6 Å². The second-order valence-electron chi connectivity index (χ2n) is 5.88. The second kappa shape index (κ2) is 5.45. The van der Waals surface area contributed by atoms with Gasteiger partial charge >= 0.3 is 0 Å². The molecular weight excluding hydrogens is 317 g/mol. The van der Waals surface area contributed by atoms with Crippen LogP contribution in [-0.2, 0) is 6.42 Å². The number of halogens is 2. The van der Waals surface area contributed by atoms with Crippen LogP contribution in [0.1, 0.15) is 30.1 Å². The fourth-order valence-electron chi connectivity index (χ4n) is 3.01. The summed E-state index contributed by atoms with van der Waals surface area (Å²) in [6, 6.07) is 7.64. The van der Waals surface area contributed by atoms with E-state index in [2.05, 4.69) is 15.1 Å². The maximum atomic E-state index is 13.2. The van der Waals surface area contributed by atoms with Crippen molar-refractivity contribution in [2.45, 2.75) is 31.5 Å². The lowest BCUT2D eigenvalue weighted by Crippen LogP contribution is -2.28. The minimum atomic E-state index is -0.755. The van der Waals surface area contributed by atoms with Crippen molar-refractivity contribution in [3.8, 4) is 0 Å². The van der Waals surface area contributed by atoms with E-state index >= 15 is 0 Å². The van der Waals surface area contributed by atoms with Gasteiger partial charge in [-0.05, 0) is 17.7 Å². The van der Waals surface area contributed by atoms with E-state index in [-0.39, 0.29) is 6.04 Å². The Morgan fingerprint density at radius 2 is 2.13 bits per heavy atom. The van der Waals surface area contributed by atoms with Crippen molar-refractivity contribution in [3.63, 3.8) is 0 Å². The SMILES string of the molecule is Nc1ncnc2c1c(Cc1cccc(Cl)c1)nn2C1CC(F)C1. The highest BCUT2D eigenvalue weighted by Crippen LogP contribution is 2.37. The number of benzene rings is 1. The monoisotopic (exact) mass is 331 g/mol. The minimum absolute atomic E-state index is 0.0370. The Hall–Kier alpha value is -2.21. The molecule has 0 atom stereocenters. The highest BCUT2D eigenvalue weighted by Gasteiger charge is 2.33. The van der Waals surface area contributed by atoms with Crippen molar-refractivity contribution < 1.29 is 4.39 Å². The van der Waals surface area contributed by atoms with Gasteiger partial charge in [-0.1, -0.05) is 23.7 Å². The summed E-state index contributed by atoms with van der Waals surface area (Å²) >= 11 is 6.05. The molecule has 3 aromatic rings. The molecule has 0 radical (unpaired) electrons. The Bertz CT molecular complexity index is 872. The Balaban J connectivity index is 1.79. The van der Waals surface area contributed by atoms with Gasteiger partial charge in [0.2, 0.25) is 0 Å². The zero-order valence-electron chi connectivity index (χ0n) is 12.3. The molecule has 0 spiro atoms. The summed E-state index contributed by atoms with van der Waals surface area (Å²) in [7, 11) is 0. The van der Waals surface area contributed by atoms with Crippen molar-refractivity contribution in [1.82, 2.24) is 19.7 Å². The average Bonchev–Trinajstić information content (AvgIpc) is 2.84. The maximum Gasteiger partial charge on any atom is 0.163 e. The molecule has 7 heteroatoms. The van der Waals surface area contributed by atoms with Crippen LogP contribution in [0.5, 0.6) is 0 Å². The van der Waals surface area contributed by atoms with Crippen LogP contribution in [0.3, 0.4) is 0 Å². The predicted molar refractivity (Wildman–Crippen MR) is 87.2 cm³/mol.